The van der Waals surface area contributed by atoms with Gasteiger partial charge in [-0.15, -0.1) is 0 Å². The van der Waals surface area contributed by atoms with E-state index in [9.17, 15) is 14.4 Å². The number of rotatable bonds is 3. The fourth-order valence-corrected chi connectivity index (χ4v) is 3.07. The van der Waals surface area contributed by atoms with Crippen molar-refractivity contribution in [2.24, 2.45) is 5.92 Å². The largest absolute Gasteiger partial charge is 0.469 e. The molecule has 0 aromatic rings. The summed E-state index contributed by atoms with van der Waals surface area (Å²) in [7, 11) is 1.40. The molecule has 0 aromatic carbocycles. The van der Waals surface area contributed by atoms with E-state index in [1.54, 1.807) is 0 Å². The minimum Gasteiger partial charge on any atom is -0.469 e. The van der Waals surface area contributed by atoms with E-state index < -0.39 is 0 Å². The zero-order valence-corrected chi connectivity index (χ0v) is 11.5. The number of quaternary nitrogens is 1. The van der Waals surface area contributed by atoms with Crippen LogP contribution >= 0.6 is 0 Å². The minimum absolute atomic E-state index is 0.0526. The summed E-state index contributed by atoms with van der Waals surface area (Å²) >= 11 is 0. The summed E-state index contributed by atoms with van der Waals surface area (Å²) in [5.74, 6) is -0.342. The molecule has 2 saturated heterocycles. The number of methoxy groups -OCH3 is 1. The Morgan fingerprint density at radius 1 is 1.37 bits per heavy atom. The number of ether oxygens (including phenoxy) is 1. The minimum atomic E-state index is -0.244. The van der Waals surface area contributed by atoms with Gasteiger partial charge in [0.15, 0.2) is 6.04 Å². The summed E-state index contributed by atoms with van der Waals surface area (Å²) in [4.78, 5) is 37.7. The number of hydrogen-bond donors (Lipinski definition) is 1. The lowest BCUT2D eigenvalue weighted by atomic mass is 9.95. The Morgan fingerprint density at radius 2 is 2.00 bits per heavy atom. The first-order chi connectivity index (χ1) is 9.08. The molecule has 6 heteroatoms. The van der Waals surface area contributed by atoms with Crippen LogP contribution in [0.3, 0.4) is 0 Å². The number of carbonyl (C=O) groups excluding carboxylic acids is 3. The fraction of sp³-hybridized carbons (Fsp3) is 0.769. The van der Waals surface area contributed by atoms with Crippen molar-refractivity contribution in [3.8, 4) is 0 Å². The van der Waals surface area contributed by atoms with E-state index in [4.69, 9.17) is 4.74 Å². The predicted molar refractivity (Wildman–Crippen MR) is 66.2 cm³/mol. The van der Waals surface area contributed by atoms with Gasteiger partial charge in [0.25, 0.3) is 5.91 Å². The Morgan fingerprint density at radius 3 is 2.47 bits per heavy atom. The zero-order chi connectivity index (χ0) is 14.0. The van der Waals surface area contributed by atoms with Crippen LogP contribution in [0.1, 0.15) is 26.2 Å². The van der Waals surface area contributed by atoms with Crippen molar-refractivity contribution in [1.29, 1.82) is 0 Å². The smallest absolute Gasteiger partial charge is 0.309 e. The highest BCUT2D eigenvalue weighted by molar-refractivity contribution is 6.04. The molecule has 0 aliphatic carbocycles. The van der Waals surface area contributed by atoms with E-state index in [-0.39, 0.29) is 29.7 Å². The number of nitrogens with zero attached hydrogens (tertiary/aromatic N) is 1. The first-order valence-electron chi connectivity index (χ1n) is 6.85. The molecule has 0 spiro atoms. The maximum atomic E-state index is 12.1. The third-order valence-electron chi connectivity index (χ3n) is 4.22. The molecule has 106 valence electrons. The summed E-state index contributed by atoms with van der Waals surface area (Å²) in [6, 6.07) is -0.244. The number of likely N-dealkylation sites (N-methyl/N-ethyl adjacent to an activating group) is 1. The third kappa shape index (κ3) is 2.63. The van der Waals surface area contributed by atoms with Gasteiger partial charge in [0, 0.05) is 19.4 Å². The number of esters is 1. The van der Waals surface area contributed by atoms with E-state index in [0.29, 0.717) is 13.0 Å². The van der Waals surface area contributed by atoms with E-state index in [2.05, 4.69) is 0 Å². The van der Waals surface area contributed by atoms with Crippen molar-refractivity contribution >= 4 is 17.8 Å². The predicted octanol–water partition coefficient (Wildman–Crippen LogP) is -1.40. The molecule has 6 nitrogen and oxygen atoms in total. The molecule has 2 fully saturated rings. The maximum Gasteiger partial charge on any atom is 0.309 e. The normalized spacial score (nSPS) is 31.7. The molecule has 2 rings (SSSR count). The maximum absolute atomic E-state index is 12.1. The van der Waals surface area contributed by atoms with Crippen LogP contribution in [0.4, 0.5) is 0 Å². The second kappa shape index (κ2) is 5.69. The first-order valence-corrected chi connectivity index (χ1v) is 6.85. The van der Waals surface area contributed by atoms with Crippen LogP contribution in [0.15, 0.2) is 0 Å². The summed E-state index contributed by atoms with van der Waals surface area (Å²) in [6.07, 6.45) is 1.77. The molecule has 2 aliphatic heterocycles. The summed E-state index contributed by atoms with van der Waals surface area (Å²) in [5.41, 5.74) is 0. The van der Waals surface area contributed by atoms with Crippen molar-refractivity contribution in [3.63, 3.8) is 0 Å². The van der Waals surface area contributed by atoms with Gasteiger partial charge in [-0.1, -0.05) is 0 Å². The molecule has 0 bridgehead atoms. The van der Waals surface area contributed by atoms with E-state index in [0.717, 1.165) is 30.8 Å². The monoisotopic (exact) mass is 269 g/mol. The zero-order valence-electron chi connectivity index (χ0n) is 11.5. The Kier molecular flexibility index (Phi) is 4.19. The molecule has 19 heavy (non-hydrogen) atoms. The van der Waals surface area contributed by atoms with E-state index in [1.165, 1.54) is 12.0 Å². The number of amides is 2. The van der Waals surface area contributed by atoms with Crippen molar-refractivity contribution in [3.05, 3.63) is 0 Å². The average molecular weight is 269 g/mol. The van der Waals surface area contributed by atoms with E-state index >= 15 is 0 Å². The van der Waals surface area contributed by atoms with Gasteiger partial charge < -0.3 is 9.64 Å². The number of nitrogens with one attached hydrogen (secondary N) is 1. The first kappa shape index (κ1) is 14.0. The number of hydrogen-bond acceptors (Lipinski definition) is 4. The highest BCUT2D eigenvalue weighted by atomic mass is 16.5. The second-order valence-corrected chi connectivity index (χ2v) is 5.19. The molecular formula is C13H21N2O4+. The lowest BCUT2D eigenvalue weighted by Crippen LogP contribution is -3.17. The molecule has 1 atom stereocenters. The number of likely N-dealkylation sites (tertiary alicyclic amines) is 2. The van der Waals surface area contributed by atoms with Crippen LogP contribution in [-0.4, -0.2) is 55.5 Å². The van der Waals surface area contributed by atoms with Gasteiger partial charge in [0.2, 0.25) is 5.91 Å². The summed E-state index contributed by atoms with van der Waals surface area (Å²) in [5, 5.41) is 0. The molecule has 2 amide bonds. The summed E-state index contributed by atoms with van der Waals surface area (Å²) in [6.45, 7) is 3.77. The van der Waals surface area contributed by atoms with Crippen LogP contribution in [0.25, 0.3) is 0 Å². The SMILES string of the molecule is CCN1C(=O)C[C@H]([NH+]2CCC(C(=O)OC)CC2)C1=O. The number of carbonyl (C=O) groups is 3. The average Bonchev–Trinajstić information content (AvgIpc) is 2.72. The molecule has 2 heterocycles. The number of imide groups is 1. The van der Waals surface area contributed by atoms with Gasteiger partial charge in [-0.05, 0) is 6.92 Å². The van der Waals surface area contributed by atoms with Gasteiger partial charge >= 0.3 is 5.97 Å². The highest BCUT2D eigenvalue weighted by Gasteiger charge is 2.45. The molecular weight excluding hydrogens is 248 g/mol. The third-order valence-corrected chi connectivity index (χ3v) is 4.22. The molecule has 2 aliphatic rings. The van der Waals surface area contributed by atoms with Crippen molar-refractivity contribution in [2.45, 2.75) is 32.2 Å². The van der Waals surface area contributed by atoms with Crippen molar-refractivity contribution in [1.82, 2.24) is 4.90 Å². The Labute approximate surface area is 112 Å². The van der Waals surface area contributed by atoms with Crippen LogP contribution in [0, 0.1) is 5.92 Å². The van der Waals surface area contributed by atoms with Gasteiger partial charge in [-0.3, -0.25) is 19.3 Å². The van der Waals surface area contributed by atoms with Crippen molar-refractivity contribution in [2.75, 3.05) is 26.7 Å². The number of piperidine rings is 1. The van der Waals surface area contributed by atoms with E-state index in [1.807, 2.05) is 6.92 Å². The Hall–Kier alpha value is -1.43. The molecule has 0 radical (unpaired) electrons. The molecule has 0 unspecified atom stereocenters. The second-order valence-electron chi connectivity index (χ2n) is 5.19. The van der Waals surface area contributed by atoms with Gasteiger partial charge in [0.1, 0.15) is 0 Å². The van der Waals surface area contributed by atoms with Gasteiger partial charge in [-0.25, -0.2) is 0 Å². The van der Waals surface area contributed by atoms with Gasteiger partial charge in [0.05, 0.1) is 32.5 Å². The van der Waals surface area contributed by atoms with Crippen LogP contribution in [-0.2, 0) is 19.1 Å². The van der Waals surface area contributed by atoms with Gasteiger partial charge in [-0.2, -0.15) is 0 Å². The van der Waals surface area contributed by atoms with Crippen molar-refractivity contribution < 1.29 is 24.0 Å². The Bertz CT molecular complexity index is 388. The summed E-state index contributed by atoms with van der Waals surface area (Å²) < 4.78 is 4.75. The lowest BCUT2D eigenvalue weighted by molar-refractivity contribution is -0.920. The molecule has 0 saturated carbocycles. The lowest BCUT2D eigenvalue weighted by Gasteiger charge is -2.30. The highest BCUT2D eigenvalue weighted by Crippen LogP contribution is 2.15. The fourth-order valence-electron chi connectivity index (χ4n) is 3.07. The standard InChI is InChI=1S/C13H20N2O4/c1-3-15-11(16)8-10(12(15)17)14-6-4-9(5-7-14)13(18)19-2/h9-10H,3-8H2,1-2H3/p+1/t10-/m0/s1. The van der Waals surface area contributed by atoms with Crippen LogP contribution in [0.2, 0.25) is 0 Å². The quantitative estimate of drug-likeness (QED) is 0.505. The topological polar surface area (TPSA) is 68.1 Å². The molecule has 0 aromatic heterocycles. The Balaban J connectivity index is 1.94. The molecule has 1 N–H and O–H groups in total. The van der Waals surface area contributed by atoms with Crippen LogP contribution < -0.4 is 4.90 Å². The van der Waals surface area contributed by atoms with Crippen LogP contribution in [0.5, 0.6) is 0 Å².